The first-order chi connectivity index (χ1) is 27.9. The van der Waals surface area contributed by atoms with Crippen LogP contribution in [0.15, 0.2) is 48.6 Å². The van der Waals surface area contributed by atoms with Crippen LogP contribution in [-0.2, 0) is 32.7 Å². The summed E-state index contributed by atoms with van der Waals surface area (Å²) in [6.45, 7) is 3.14. The van der Waals surface area contributed by atoms with E-state index in [1.807, 2.05) is 0 Å². The molecule has 1 rings (SSSR count). The summed E-state index contributed by atoms with van der Waals surface area (Å²) < 4.78 is 33.4. The number of hydrogen-bond donors (Lipinski definition) is 6. The van der Waals surface area contributed by atoms with Gasteiger partial charge in [-0.15, -0.1) is 0 Å². The maximum Gasteiger partial charge on any atom is 0.472 e. The standard InChI is InChI=1S/C44H77O13P/c1-3-5-7-9-11-13-15-17-19-21-22-24-26-28-30-32-37(45)54-34-36(35-55-58(52,53)57-44-42(50)40(48)39(47)41(49)43(44)51)56-38(46)33-31-29-27-25-23-20-18-16-14-12-10-8-6-4-2/h5,7,11,13,17,19,22,24,36,39-44,47-51H,3-4,6,8-10,12,14-16,18,20-21,23,25-35H2,1-2H3,(H,52,53)/b7-5-,13-11-,19-17-,24-22-/t36-,39?,40-,41?,42?,43?,44?/m1/s1. The molecule has 336 valence electrons. The number of hydrogen-bond acceptors (Lipinski definition) is 12. The Kier molecular flexibility index (Phi) is 32.0. The van der Waals surface area contributed by atoms with Gasteiger partial charge in [0, 0.05) is 12.8 Å². The third-order valence-corrected chi connectivity index (χ3v) is 10.9. The van der Waals surface area contributed by atoms with Crippen molar-refractivity contribution in [3.05, 3.63) is 48.6 Å². The van der Waals surface area contributed by atoms with Gasteiger partial charge in [0.15, 0.2) is 6.10 Å². The van der Waals surface area contributed by atoms with Gasteiger partial charge in [0.25, 0.3) is 0 Å². The maximum absolute atomic E-state index is 12.8. The van der Waals surface area contributed by atoms with Crippen LogP contribution in [0.2, 0.25) is 0 Å². The molecule has 6 N–H and O–H groups in total. The number of phosphoric acid groups is 1. The van der Waals surface area contributed by atoms with Crippen LogP contribution in [0, 0.1) is 0 Å². The first-order valence-corrected chi connectivity index (χ1v) is 23.4. The van der Waals surface area contributed by atoms with E-state index < -0.39 is 75.7 Å². The topological polar surface area (TPSA) is 210 Å². The van der Waals surface area contributed by atoms with Crippen LogP contribution >= 0.6 is 7.82 Å². The zero-order chi connectivity index (χ0) is 42.9. The highest BCUT2D eigenvalue weighted by Gasteiger charge is 2.51. The van der Waals surface area contributed by atoms with E-state index in [4.69, 9.17) is 18.5 Å². The second kappa shape index (κ2) is 34.5. The Balaban J connectivity index is 2.52. The quantitative estimate of drug-likeness (QED) is 0.0155. The van der Waals surface area contributed by atoms with Gasteiger partial charge in [-0.2, -0.15) is 0 Å². The van der Waals surface area contributed by atoms with Gasteiger partial charge < -0.3 is 39.9 Å². The minimum Gasteiger partial charge on any atom is -0.462 e. The Labute approximate surface area is 348 Å². The lowest BCUT2D eigenvalue weighted by Crippen LogP contribution is -2.64. The molecule has 0 radical (unpaired) electrons. The van der Waals surface area contributed by atoms with Gasteiger partial charge in [-0.25, -0.2) is 4.57 Å². The summed E-state index contributed by atoms with van der Waals surface area (Å²) in [6.07, 6.45) is 26.0. The molecule has 1 aliphatic rings. The van der Waals surface area contributed by atoms with Crippen LogP contribution in [0.5, 0.6) is 0 Å². The minimum absolute atomic E-state index is 0.0889. The van der Waals surface area contributed by atoms with Crippen LogP contribution in [0.25, 0.3) is 0 Å². The summed E-state index contributed by atoms with van der Waals surface area (Å²) in [7, 11) is -5.12. The van der Waals surface area contributed by atoms with E-state index in [2.05, 4.69) is 62.5 Å². The molecule has 14 heteroatoms. The molecule has 1 saturated carbocycles. The summed E-state index contributed by atoms with van der Waals surface area (Å²) in [5.74, 6) is -1.15. The average Bonchev–Trinajstić information content (AvgIpc) is 3.20. The molecule has 13 nitrogen and oxygen atoms in total. The Morgan fingerprint density at radius 2 is 0.983 bits per heavy atom. The van der Waals surface area contributed by atoms with E-state index in [0.29, 0.717) is 12.8 Å². The van der Waals surface area contributed by atoms with E-state index in [0.717, 1.165) is 64.2 Å². The number of carbonyl (C=O) groups excluding carboxylic acids is 2. The number of aliphatic hydroxyl groups is 5. The number of allylic oxidation sites excluding steroid dienone is 8. The van der Waals surface area contributed by atoms with Crippen molar-refractivity contribution in [1.82, 2.24) is 0 Å². The van der Waals surface area contributed by atoms with Gasteiger partial charge in [0.1, 0.15) is 43.2 Å². The van der Waals surface area contributed by atoms with Gasteiger partial charge in [0.05, 0.1) is 6.61 Å². The Bertz CT molecular complexity index is 1210. The SMILES string of the molecule is CC/C=C\C/C=C\C/C=C\C/C=C\CCCCC(=O)OC[C@H](COP(=O)(O)OC1C(O)C(O)C(O)[C@@H](O)C1O)OC(=O)CCCCCCCCCCCCCCCC. The van der Waals surface area contributed by atoms with Crippen molar-refractivity contribution >= 4 is 19.8 Å². The Morgan fingerprint density at radius 3 is 1.50 bits per heavy atom. The third kappa shape index (κ3) is 26.8. The summed E-state index contributed by atoms with van der Waals surface area (Å²) in [6, 6.07) is 0. The fourth-order valence-corrected chi connectivity index (χ4v) is 7.37. The summed E-state index contributed by atoms with van der Waals surface area (Å²) in [5.41, 5.74) is 0. The molecule has 0 aromatic rings. The van der Waals surface area contributed by atoms with Gasteiger partial charge in [-0.1, -0.05) is 146 Å². The highest BCUT2D eigenvalue weighted by Crippen LogP contribution is 2.47. The molecule has 0 saturated heterocycles. The predicted molar refractivity (Wildman–Crippen MR) is 226 cm³/mol. The van der Waals surface area contributed by atoms with Gasteiger partial charge >= 0.3 is 19.8 Å². The number of carbonyl (C=O) groups is 2. The molecule has 58 heavy (non-hydrogen) atoms. The lowest BCUT2D eigenvalue weighted by Gasteiger charge is -2.41. The highest BCUT2D eigenvalue weighted by atomic mass is 31.2. The van der Waals surface area contributed by atoms with E-state index >= 15 is 0 Å². The average molecular weight is 845 g/mol. The monoisotopic (exact) mass is 845 g/mol. The largest absolute Gasteiger partial charge is 0.472 e. The first kappa shape index (κ1) is 53.8. The lowest BCUT2D eigenvalue weighted by molar-refractivity contribution is -0.220. The summed E-state index contributed by atoms with van der Waals surface area (Å²) in [5, 5.41) is 50.1. The molecular weight excluding hydrogens is 767 g/mol. The van der Waals surface area contributed by atoms with Crippen molar-refractivity contribution in [2.75, 3.05) is 13.2 Å². The maximum atomic E-state index is 12.8. The third-order valence-electron chi connectivity index (χ3n) is 9.93. The Hall–Kier alpha value is -2.19. The normalized spacial score (nSPS) is 23.0. The van der Waals surface area contributed by atoms with Crippen molar-refractivity contribution in [1.29, 1.82) is 0 Å². The Morgan fingerprint density at radius 1 is 0.552 bits per heavy atom. The van der Waals surface area contributed by atoms with Crippen LogP contribution in [0.1, 0.15) is 162 Å². The molecule has 1 aliphatic carbocycles. The number of rotatable bonds is 35. The zero-order valence-electron chi connectivity index (χ0n) is 35.3. The molecular formula is C44H77O13P. The van der Waals surface area contributed by atoms with Gasteiger partial charge in [-0.3, -0.25) is 18.6 Å². The molecule has 6 unspecified atom stereocenters. The number of unbranched alkanes of at least 4 members (excludes halogenated alkanes) is 15. The molecule has 0 aromatic carbocycles. The van der Waals surface area contributed by atoms with Crippen molar-refractivity contribution in [3.63, 3.8) is 0 Å². The molecule has 0 heterocycles. The van der Waals surface area contributed by atoms with Crippen LogP contribution in [-0.4, -0.2) is 98.3 Å². The molecule has 8 atom stereocenters. The fraction of sp³-hybridized carbons (Fsp3) is 0.773. The second-order valence-corrected chi connectivity index (χ2v) is 16.6. The van der Waals surface area contributed by atoms with E-state index in [9.17, 15) is 44.6 Å². The summed E-state index contributed by atoms with van der Waals surface area (Å²) >= 11 is 0. The molecule has 0 bridgehead atoms. The van der Waals surface area contributed by atoms with Crippen molar-refractivity contribution in [2.24, 2.45) is 0 Å². The molecule has 0 amide bonds. The minimum atomic E-state index is -5.12. The van der Waals surface area contributed by atoms with Crippen molar-refractivity contribution in [2.45, 2.75) is 204 Å². The van der Waals surface area contributed by atoms with Gasteiger partial charge in [-0.05, 0) is 51.4 Å². The predicted octanol–water partition coefficient (Wildman–Crippen LogP) is 8.00. The first-order valence-electron chi connectivity index (χ1n) is 21.9. The van der Waals surface area contributed by atoms with Gasteiger partial charge in [0.2, 0.25) is 0 Å². The molecule has 0 spiro atoms. The summed E-state index contributed by atoms with van der Waals surface area (Å²) in [4.78, 5) is 35.6. The number of phosphoric ester groups is 1. The highest BCUT2D eigenvalue weighted by molar-refractivity contribution is 7.47. The molecule has 0 aromatic heterocycles. The van der Waals surface area contributed by atoms with Crippen molar-refractivity contribution < 1.29 is 63.1 Å². The lowest BCUT2D eigenvalue weighted by atomic mass is 9.85. The van der Waals surface area contributed by atoms with Crippen LogP contribution < -0.4 is 0 Å². The van der Waals surface area contributed by atoms with Crippen LogP contribution in [0.4, 0.5) is 0 Å². The second-order valence-electron chi connectivity index (χ2n) is 15.2. The number of esters is 2. The smallest absolute Gasteiger partial charge is 0.462 e. The van der Waals surface area contributed by atoms with E-state index in [1.165, 1.54) is 57.8 Å². The molecule has 1 fully saturated rings. The molecule has 0 aliphatic heterocycles. The van der Waals surface area contributed by atoms with E-state index in [-0.39, 0.29) is 12.8 Å². The fourth-order valence-electron chi connectivity index (χ4n) is 6.40. The van der Waals surface area contributed by atoms with Crippen LogP contribution in [0.3, 0.4) is 0 Å². The number of ether oxygens (including phenoxy) is 2. The van der Waals surface area contributed by atoms with E-state index in [1.54, 1.807) is 0 Å². The van der Waals surface area contributed by atoms with Crippen molar-refractivity contribution in [3.8, 4) is 0 Å². The zero-order valence-corrected chi connectivity index (χ0v) is 36.2. The number of aliphatic hydroxyl groups excluding tert-OH is 5.